The van der Waals surface area contributed by atoms with Crippen LogP contribution in [-0.2, 0) is 6.54 Å². The molecule has 0 radical (unpaired) electrons. The quantitative estimate of drug-likeness (QED) is 0.489. The number of thiazole rings is 1. The molecule has 0 aliphatic heterocycles. The fourth-order valence-corrected chi connectivity index (χ4v) is 3.46. The van der Waals surface area contributed by atoms with E-state index in [4.69, 9.17) is 9.47 Å². The van der Waals surface area contributed by atoms with Gasteiger partial charge in [0.1, 0.15) is 5.01 Å². The van der Waals surface area contributed by atoms with Gasteiger partial charge in [-0.3, -0.25) is 9.78 Å². The first-order valence-corrected chi connectivity index (χ1v) is 10.6. The Kier molecular flexibility index (Phi) is 7.58. The molecular formula is C22H25N3O3S. The zero-order valence-corrected chi connectivity index (χ0v) is 17.5. The molecule has 0 bridgehead atoms. The Morgan fingerprint density at radius 3 is 2.83 bits per heavy atom. The molecule has 1 aromatic carbocycles. The summed E-state index contributed by atoms with van der Waals surface area (Å²) in [6.45, 7) is 5.51. The number of ether oxygens (including phenoxy) is 2. The molecule has 6 nitrogen and oxygen atoms in total. The first kappa shape index (κ1) is 20.8. The van der Waals surface area contributed by atoms with E-state index in [0.29, 0.717) is 36.8 Å². The number of carbonyl (C=O) groups excluding carboxylic acids is 1. The Bertz CT molecular complexity index is 928. The summed E-state index contributed by atoms with van der Waals surface area (Å²) >= 11 is 1.53. The topological polar surface area (TPSA) is 73.3 Å². The number of aromatic nitrogens is 2. The predicted octanol–water partition coefficient (Wildman–Crippen LogP) is 4.71. The molecule has 152 valence electrons. The van der Waals surface area contributed by atoms with E-state index in [0.717, 1.165) is 29.1 Å². The highest BCUT2D eigenvalue weighted by Gasteiger charge is 2.13. The van der Waals surface area contributed by atoms with Crippen LogP contribution < -0.4 is 14.8 Å². The summed E-state index contributed by atoms with van der Waals surface area (Å²) < 4.78 is 11.4. The summed E-state index contributed by atoms with van der Waals surface area (Å²) in [5.41, 5.74) is 2.31. The highest BCUT2D eigenvalue weighted by Crippen LogP contribution is 2.29. The Morgan fingerprint density at radius 1 is 1.17 bits per heavy atom. The van der Waals surface area contributed by atoms with Crippen LogP contribution in [0, 0.1) is 0 Å². The lowest BCUT2D eigenvalue weighted by atomic mass is 10.2. The van der Waals surface area contributed by atoms with E-state index >= 15 is 0 Å². The van der Waals surface area contributed by atoms with Crippen LogP contribution in [-0.4, -0.2) is 29.1 Å². The highest BCUT2D eigenvalue weighted by atomic mass is 32.1. The van der Waals surface area contributed by atoms with Crippen molar-refractivity contribution in [2.45, 2.75) is 33.2 Å². The van der Waals surface area contributed by atoms with Crippen molar-refractivity contribution < 1.29 is 14.3 Å². The second-order valence-corrected chi connectivity index (χ2v) is 7.22. The van der Waals surface area contributed by atoms with E-state index in [2.05, 4.69) is 22.2 Å². The smallest absolute Gasteiger partial charge is 0.251 e. The normalized spacial score (nSPS) is 10.6. The van der Waals surface area contributed by atoms with E-state index < -0.39 is 0 Å². The molecule has 1 N–H and O–H groups in total. The minimum absolute atomic E-state index is 0.179. The van der Waals surface area contributed by atoms with E-state index in [-0.39, 0.29) is 5.91 Å². The molecule has 0 atom stereocenters. The molecule has 2 aromatic heterocycles. The number of nitrogens with zero attached hydrogens (tertiary/aromatic N) is 2. The third-order valence-electron chi connectivity index (χ3n) is 4.15. The first-order valence-electron chi connectivity index (χ1n) is 9.74. The summed E-state index contributed by atoms with van der Waals surface area (Å²) in [5.74, 6) is 1.07. The van der Waals surface area contributed by atoms with Crippen LogP contribution in [0.15, 0.2) is 48.1 Å². The van der Waals surface area contributed by atoms with Crippen molar-refractivity contribution in [2.24, 2.45) is 0 Å². The van der Waals surface area contributed by atoms with Gasteiger partial charge in [0.25, 0.3) is 5.91 Å². The predicted molar refractivity (Wildman–Crippen MR) is 115 cm³/mol. The molecule has 3 rings (SSSR count). The second kappa shape index (κ2) is 10.6. The summed E-state index contributed by atoms with van der Waals surface area (Å²) in [4.78, 5) is 21.3. The number of carbonyl (C=O) groups is 1. The molecule has 0 spiro atoms. The van der Waals surface area contributed by atoms with Gasteiger partial charge >= 0.3 is 0 Å². The van der Waals surface area contributed by atoms with E-state index in [1.54, 1.807) is 30.6 Å². The van der Waals surface area contributed by atoms with E-state index in [9.17, 15) is 4.79 Å². The van der Waals surface area contributed by atoms with Gasteiger partial charge in [0.15, 0.2) is 11.5 Å². The van der Waals surface area contributed by atoms with Gasteiger partial charge in [0.2, 0.25) is 0 Å². The number of unbranched alkanes of at least 4 members (excludes halogenated alkanes) is 1. The van der Waals surface area contributed by atoms with Gasteiger partial charge in [-0.05, 0) is 43.7 Å². The van der Waals surface area contributed by atoms with Crippen LogP contribution in [0.1, 0.15) is 42.7 Å². The van der Waals surface area contributed by atoms with Crippen LogP contribution >= 0.6 is 11.3 Å². The Morgan fingerprint density at radius 2 is 2.07 bits per heavy atom. The number of hydrogen-bond donors (Lipinski definition) is 1. The van der Waals surface area contributed by atoms with Crippen molar-refractivity contribution in [3.05, 3.63) is 59.4 Å². The fraction of sp³-hybridized carbons (Fsp3) is 0.318. The van der Waals surface area contributed by atoms with Crippen molar-refractivity contribution in [1.29, 1.82) is 0 Å². The molecule has 0 fully saturated rings. The number of amides is 1. The van der Waals surface area contributed by atoms with Gasteiger partial charge in [-0.15, -0.1) is 11.3 Å². The molecular weight excluding hydrogens is 386 g/mol. The van der Waals surface area contributed by atoms with Gasteiger partial charge in [-0.1, -0.05) is 13.3 Å². The maximum Gasteiger partial charge on any atom is 0.251 e. The number of nitrogens with one attached hydrogen (secondary N) is 1. The van der Waals surface area contributed by atoms with Crippen LogP contribution in [0.25, 0.3) is 10.6 Å². The third-order valence-corrected chi connectivity index (χ3v) is 5.09. The number of rotatable bonds is 10. The minimum Gasteiger partial charge on any atom is -0.490 e. The highest BCUT2D eigenvalue weighted by molar-refractivity contribution is 7.13. The van der Waals surface area contributed by atoms with Crippen LogP contribution in [0.5, 0.6) is 11.5 Å². The fourth-order valence-electron chi connectivity index (χ4n) is 2.65. The van der Waals surface area contributed by atoms with Gasteiger partial charge in [0.05, 0.1) is 25.5 Å². The molecule has 0 saturated carbocycles. The number of hydrogen-bond acceptors (Lipinski definition) is 6. The largest absolute Gasteiger partial charge is 0.490 e. The average molecular weight is 412 g/mol. The second-order valence-electron chi connectivity index (χ2n) is 6.36. The lowest BCUT2D eigenvalue weighted by Crippen LogP contribution is -2.23. The van der Waals surface area contributed by atoms with Crippen molar-refractivity contribution in [2.75, 3.05) is 13.2 Å². The van der Waals surface area contributed by atoms with Gasteiger partial charge in [0, 0.05) is 28.9 Å². The number of pyridine rings is 1. The lowest BCUT2D eigenvalue weighted by molar-refractivity contribution is 0.0950. The summed E-state index contributed by atoms with van der Waals surface area (Å²) in [6.07, 6.45) is 5.54. The van der Waals surface area contributed by atoms with Crippen molar-refractivity contribution in [3.8, 4) is 22.1 Å². The van der Waals surface area contributed by atoms with E-state index in [1.807, 2.05) is 24.4 Å². The molecule has 0 unspecified atom stereocenters. The summed E-state index contributed by atoms with van der Waals surface area (Å²) in [7, 11) is 0. The zero-order chi connectivity index (χ0) is 20.5. The molecule has 0 saturated heterocycles. The molecule has 2 heterocycles. The first-order chi connectivity index (χ1) is 14.2. The zero-order valence-electron chi connectivity index (χ0n) is 16.7. The average Bonchev–Trinajstić information content (AvgIpc) is 3.23. The van der Waals surface area contributed by atoms with Gasteiger partial charge in [-0.2, -0.15) is 0 Å². The Hall–Kier alpha value is -2.93. The Balaban J connectivity index is 1.63. The van der Waals surface area contributed by atoms with E-state index in [1.165, 1.54) is 11.3 Å². The molecule has 0 aliphatic carbocycles. The summed E-state index contributed by atoms with van der Waals surface area (Å²) in [5, 5.41) is 5.74. The molecule has 29 heavy (non-hydrogen) atoms. The Labute approximate surface area is 174 Å². The molecule has 1 amide bonds. The van der Waals surface area contributed by atoms with Crippen LogP contribution in [0.3, 0.4) is 0 Å². The molecule has 7 heteroatoms. The SMILES string of the molecule is CCCCOc1ccc(C(=O)NCc2csc(-c3cccnc3)n2)cc1OCC. The molecule has 0 aliphatic rings. The van der Waals surface area contributed by atoms with Crippen molar-refractivity contribution >= 4 is 17.2 Å². The van der Waals surface area contributed by atoms with Crippen molar-refractivity contribution in [3.63, 3.8) is 0 Å². The standard InChI is InChI=1S/C22H25N3O3S/c1-3-5-11-28-19-9-8-16(12-20(19)27-4-2)21(26)24-14-18-15-29-22(25-18)17-7-6-10-23-13-17/h6-10,12-13,15H,3-5,11,14H2,1-2H3,(H,24,26). The van der Waals surface area contributed by atoms with Gasteiger partial charge in [-0.25, -0.2) is 4.98 Å². The third kappa shape index (κ3) is 5.77. The monoisotopic (exact) mass is 411 g/mol. The minimum atomic E-state index is -0.179. The maximum absolute atomic E-state index is 12.6. The van der Waals surface area contributed by atoms with Crippen molar-refractivity contribution in [1.82, 2.24) is 15.3 Å². The maximum atomic E-state index is 12.6. The summed E-state index contributed by atoms with van der Waals surface area (Å²) in [6, 6.07) is 9.11. The molecule has 3 aromatic rings. The lowest BCUT2D eigenvalue weighted by Gasteiger charge is -2.13. The van der Waals surface area contributed by atoms with Crippen LogP contribution in [0.2, 0.25) is 0 Å². The van der Waals surface area contributed by atoms with Crippen LogP contribution in [0.4, 0.5) is 0 Å². The number of benzene rings is 1. The van der Waals surface area contributed by atoms with Gasteiger partial charge < -0.3 is 14.8 Å².